The molecule has 2 aromatic heterocycles. The highest BCUT2D eigenvalue weighted by Gasteiger charge is 2.24. The lowest BCUT2D eigenvalue weighted by molar-refractivity contribution is 0.111. The van der Waals surface area contributed by atoms with Gasteiger partial charge in [0, 0.05) is 35.9 Å². The predicted molar refractivity (Wildman–Crippen MR) is 110 cm³/mol. The number of hydrogen-bond donors (Lipinski definition) is 2. The Balaban J connectivity index is 1.75. The van der Waals surface area contributed by atoms with Gasteiger partial charge in [-0.05, 0) is 49.8 Å². The zero-order valence-electron chi connectivity index (χ0n) is 16.2. The molecule has 1 aliphatic rings. The third kappa shape index (κ3) is 3.87. The van der Waals surface area contributed by atoms with E-state index in [0.29, 0.717) is 12.0 Å². The van der Waals surface area contributed by atoms with Crippen LogP contribution in [0.15, 0.2) is 36.7 Å². The van der Waals surface area contributed by atoms with Crippen LogP contribution in [-0.4, -0.2) is 32.3 Å². The van der Waals surface area contributed by atoms with E-state index < -0.39 is 0 Å². The molecule has 148 valence electrons. The topological polar surface area (TPSA) is 63.0 Å². The minimum atomic E-state index is -0.243. The van der Waals surface area contributed by atoms with E-state index in [9.17, 15) is 9.50 Å². The van der Waals surface area contributed by atoms with Gasteiger partial charge in [-0.25, -0.2) is 9.37 Å². The number of nitrogens with zero attached hydrogens (tertiary/aromatic N) is 3. The summed E-state index contributed by atoms with van der Waals surface area (Å²) in [5, 5.41) is 14.2. The lowest BCUT2D eigenvalue weighted by Crippen LogP contribution is -2.21. The molecule has 5 nitrogen and oxygen atoms in total. The van der Waals surface area contributed by atoms with Crippen molar-refractivity contribution >= 4 is 17.0 Å². The molecule has 0 aliphatic heterocycles. The Labute approximate surface area is 164 Å². The number of benzene rings is 1. The van der Waals surface area contributed by atoms with Crippen molar-refractivity contribution in [3.05, 3.63) is 42.5 Å². The molecular weight excluding hydrogens is 355 g/mol. The molecule has 1 saturated carbocycles. The van der Waals surface area contributed by atoms with Gasteiger partial charge in [0.25, 0.3) is 0 Å². The molecule has 0 unspecified atom stereocenters. The first-order valence-electron chi connectivity index (χ1n) is 10.2. The summed E-state index contributed by atoms with van der Waals surface area (Å²) in [5.74, 6) is 0.397. The number of unbranched alkanes of at least 4 members (excludes halogenated alkanes) is 1. The molecule has 0 spiro atoms. The first-order valence-corrected chi connectivity index (χ1v) is 10.2. The summed E-state index contributed by atoms with van der Waals surface area (Å²) in [7, 11) is 0. The molecule has 1 aliphatic carbocycles. The summed E-state index contributed by atoms with van der Waals surface area (Å²) < 4.78 is 15.6. The Morgan fingerprint density at radius 1 is 1.18 bits per heavy atom. The Hall–Kier alpha value is -2.47. The lowest BCUT2D eigenvalue weighted by Gasteiger charge is -2.27. The largest absolute Gasteiger partial charge is 0.393 e. The fourth-order valence-electron chi connectivity index (χ4n) is 3.97. The first-order chi connectivity index (χ1) is 13.7. The van der Waals surface area contributed by atoms with E-state index in [-0.39, 0.29) is 11.9 Å². The fourth-order valence-corrected chi connectivity index (χ4v) is 3.97. The van der Waals surface area contributed by atoms with E-state index in [1.807, 2.05) is 6.20 Å². The van der Waals surface area contributed by atoms with Crippen molar-refractivity contribution in [3.63, 3.8) is 0 Å². The van der Waals surface area contributed by atoms with Gasteiger partial charge in [-0.3, -0.25) is 0 Å². The maximum atomic E-state index is 13.4. The van der Waals surface area contributed by atoms with E-state index in [0.717, 1.165) is 67.2 Å². The second-order valence-corrected chi connectivity index (χ2v) is 7.63. The number of rotatable bonds is 6. The van der Waals surface area contributed by atoms with Crippen molar-refractivity contribution in [2.75, 3.05) is 11.9 Å². The lowest BCUT2D eigenvalue weighted by atomic mass is 9.93. The van der Waals surface area contributed by atoms with Crippen LogP contribution >= 0.6 is 0 Å². The van der Waals surface area contributed by atoms with Crippen LogP contribution in [-0.2, 0) is 0 Å². The summed E-state index contributed by atoms with van der Waals surface area (Å²) in [6.45, 7) is 3.01. The number of halogens is 1. The number of anilines is 1. The van der Waals surface area contributed by atoms with Crippen molar-refractivity contribution in [2.24, 2.45) is 0 Å². The van der Waals surface area contributed by atoms with E-state index in [4.69, 9.17) is 4.98 Å². The number of aromatic nitrogens is 3. The van der Waals surface area contributed by atoms with Crippen molar-refractivity contribution in [1.29, 1.82) is 0 Å². The molecule has 0 radical (unpaired) electrons. The van der Waals surface area contributed by atoms with Crippen molar-refractivity contribution < 1.29 is 9.50 Å². The summed E-state index contributed by atoms with van der Waals surface area (Å²) in [6.07, 6.45) is 9.44. The van der Waals surface area contributed by atoms with Crippen LogP contribution in [0.25, 0.3) is 22.2 Å². The minimum Gasteiger partial charge on any atom is -0.393 e. The minimum absolute atomic E-state index is 0.199. The molecule has 0 atom stereocenters. The maximum Gasteiger partial charge on any atom is 0.224 e. The molecule has 6 heteroatoms. The molecular formula is C22H27FN4O. The molecule has 2 heterocycles. The van der Waals surface area contributed by atoms with Gasteiger partial charge < -0.3 is 15.0 Å². The van der Waals surface area contributed by atoms with Crippen molar-refractivity contribution in [1.82, 2.24) is 14.5 Å². The van der Waals surface area contributed by atoms with E-state index >= 15 is 0 Å². The van der Waals surface area contributed by atoms with Gasteiger partial charge in [-0.2, -0.15) is 4.98 Å². The van der Waals surface area contributed by atoms with Crippen LogP contribution in [0.4, 0.5) is 10.3 Å². The van der Waals surface area contributed by atoms with Crippen LogP contribution in [0.2, 0.25) is 0 Å². The predicted octanol–water partition coefficient (Wildman–Crippen LogP) is 4.93. The van der Waals surface area contributed by atoms with Crippen LogP contribution in [0.5, 0.6) is 0 Å². The fraction of sp³-hybridized carbons (Fsp3) is 0.455. The quantitative estimate of drug-likeness (QED) is 0.594. The maximum absolute atomic E-state index is 13.4. The van der Waals surface area contributed by atoms with Gasteiger partial charge in [0.2, 0.25) is 5.95 Å². The van der Waals surface area contributed by atoms with Gasteiger partial charge in [0.15, 0.2) is 0 Å². The Morgan fingerprint density at radius 3 is 2.64 bits per heavy atom. The molecule has 1 fully saturated rings. The zero-order chi connectivity index (χ0) is 19.5. The second kappa shape index (κ2) is 8.27. The number of hydrogen-bond acceptors (Lipinski definition) is 4. The third-order valence-electron chi connectivity index (χ3n) is 5.60. The number of fused-ring (bicyclic) bond motifs is 1. The van der Waals surface area contributed by atoms with E-state index in [1.54, 1.807) is 12.1 Å². The zero-order valence-corrected chi connectivity index (χ0v) is 16.2. The Kier molecular flexibility index (Phi) is 5.57. The highest BCUT2D eigenvalue weighted by Crippen LogP contribution is 2.36. The SMILES string of the molecule is CCCCNc1ncc2c(-c3ccc(F)cc3)cn([C@H]3CC[C@H](O)CC3)c2n1. The van der Waals surface area contributed by atoms with Crippen LogP contribution in [0, 0.1) is 5.82 Å². The molecule has 0 bridgehead atoms. The van der Waals surface area contributed by atoms with Gasteiger partial charge >= 0.3 is 0 Å². The normalized spacial score (nSPS) is 19.8. The third-order valence-corrected chi connectivity index (χ3v) is 5.60. The highest BCUT2D eigenvalue weighted by molar-refractivity contribution is 5.94. The molecule has 2 N–H and O–H groups in total. The average Bonchev–Trinajstić information content (AvgIpc) is 3.08. The summed E-state index contributed by atoms with van der Waals surface area (Å²) in [4.78, 5) is 9.31. The second-order valence-electron chi connectivity index (χ2n) is 7.63. The summed E-state index contributed by atoms with van der Waals surface area (Å²) in [5.41, 5.74) is 2.87. The monoisotopic (exact) mass is 382 g/mol. The highest BCUT2D eigenvalue weighted by atomic mass is 19.1. The van der Waals surface area contributed by atoms with E-state index in [1.165, 1.54) is 12.1 Å². The van der Waals surface area contributed by atoms with Crippen LogP contribution in [0.1, 0.15) is 51.5 Å². The Bertz CT molecular complexity index is 930. The average molecular weight is 382 g/mol. The molecule has 3 aromatic rings. The molecule has 1 aromatic carbocycles. The molecule has 0 amide bonds. The van der Waals surface area contributed by atoms with Gasteiger partial charge in [0.1, 0.15) is 11.5 Å². The number of aliphatic hydroxyl groups excluding tert-OH is 1. The molecule has 4 rings (SSSR count). The van der Waals surface area contributed by atoms with E-state index in [2.05, 4.69) is 28.0 Å². The molecule has 0 saturated heterocycles. The van der Waals surface area contributed by atoms with Crippen molar-refractivity contribution in [2.45, 2.75) is 57.6 Å². The van der Waals surface area contributed by atoms with Gasteiger partial charge in [-0.1, -0.05) is 25.5 Å². The number of nitrogens with one attached hydrogen (secondary N) is 1. The summed E-state index contributed by atoms with van der Waals surface area (Å²) in [6, 6.07) is 6.87. The van der Waals surface area contributed by atoms with Gasteiger partial charge in [-0.15, -0.1) is 0 Å². The molecule has 28 heavy (non-hydrogen) atoms. The van der Waals surface area contributed by atoms with Crippen molar-refractivity contribution in [3.8, 4) is 11.1 Å². The van der Waals surface area contributed by atoms with Gasteiger partial charge in [0.05, 0.1) is 6.10 Å². The Morgan fingerprint density at radius 2 is 1.93 bits per heavy atom. The first kappa shape index (κ1) is 18.9. The smallest absolute Gasteiger partial charge is 0.224 e. The number of aliphatic hydroxyl groups is 1. The van der Waals surface area contributed by atoms with Crippen LogP contribution < -0.4 is 5.32 Å². The summed E-state index contributed by atoms with van der Waals surface area (Å²) >= 11 is 0. The van der Waals surface area contributed by atoms with Crippen LogP contribution in [0.3, 0.4) is 0 Å². The standard InChI is InChI=1S/C22H27FN4O/c1-2-3-12-24-22-25-13-19-20(15-4-6-16(23)7-5-15)14-27(21(19)26-22)17-8-10-18(28)11-9-17/h4-7,13-14,17-18,28H,2-3,8-12H2,1H3,(H,24,25,26)/t17-,18-.